The molecule has 16 rings (SSSR count). The molecule has 6 aliphatic heterocycles. The van der Waals surface area contributed by atoms with E-state index in [4.69, 9.17) is 39.9 Å². The molecule has 14 nitrogen and oxygen atoms in total. The molecule has 2 N–H and O–H groups in total. The average molecular weight is 1370 g/mol. The second kappa shape index (κ2) is 22.7. The summed E-state index contributed by atoms with van der Waals surface area (Å²) in [7, 11) is 0. The molecule has 9 aromatic rings. The van der Waals surface area contributed by atoms with Gasteiger partial charge in [0.1, 0.15) is 11.5 Å². The van der Waals surface area contributed by atoms with Crippen LogP contribution in [0.3, 0.4) is 0 Å². The fraction of sp³-hybridized carbons (Fsp3) is 0.476. The zero-order chi connectivity index (χ0) is 70.0. The molecule has 1 saturated carbocycles. The van der Waals surface area contributed by atoms with E-state index < -0.39 is 24.0 Å². The summed E-state index contributed by atoms with van der Waals surface area (Å²) in [6.07, 6.45) is 1.36. The van der Waals surface area contributed by atoms with Crippen molar-refractivity contribution < 1.29 is 37.5 Å². The third-order valence-electron chi connectivity index (χ3n) is 23.4. The van der Waals surface area contributed by atoms with Gasteiger partial charge in [0.2, 0.25) is 0 Å². The van der Waals surface area contributed by atoms with E-state index in [1.54, 1.807) is 0 Å². The molecule has 15 heteroatoms. The Bertz CT molecular complexity index is 4720. The van der Waals surface area contributed by atoms with Gasteiger partial charge in [-0.3, -0.25) is 0 Å². The van der Waals surface area contributed by atoms with Gasteiger partial charge in [-0.2, -0.15) is 0 Å². The number of nitrogens with zero attached hydrogens (tertiary/aromatic N) is 10. The Labute approximate surface area is 594 Å². The first-order chi connectivity index (χ1) is 45.7. The van der Waals surface area contributed by atoms with E-state index in [0.717, 1.165) is 129 Å². The predicted octanol–water partition coefficient (Wildman–Crippen LogP) is 16.1. The summed E-state index contributed by atoms with van der Waals surface area (Å²) in [4.78, 5) is 46.4. The summed E-state index contributed by atoms with van der Waals surface area (Å²) in [5.74, 6) is 0.851. The Morgan fingerprint density at radius 1 is 0.384 bits per heavy atom. The van der Waals surface area contributed by atoms with Gasteiger partial charge in [0.05, 0.1) is 23.3 Å². The minimum atomic E-state index is -1.23. The number of hydrogen-bond donors (Lipinski definition) is 2. The summed E-state index contributed by atoms with van der Waals surface area (Å²) in [5, 5.41) is 55.8. The SMILES string of the molecule is CC(C)(C)c1ccc2c(c1)-c1nc-2nc2[n-]c(nc3nc(nc4[n-]c(n1)c1ccc(C(C)(C)C)cc41)-c1ccc(C(C)(C)C)cc1-3)c1ccc(C(C)(C)C)cc21.CC1(C)CCN2CCC(C)(C)c3c(O)c(C4C([O-])C(c5cc6c7c(c5O)C(C)(C)CCN7CCC6(C)C)C4[O-])cc1c32.[Cu+2]. The van der Waals surface area contributed by atoms with Crippen molar-refractivity contribution in [3.63, 3.8) is 0 Å². The zero-order valence-corrected chi connectivity index (χ0v) is 62.5. The minimum absolute atomic E-state index is 0. The van der Waals surface area contributed by atoms with Crippen LogP contribution in [0.5, 0.6) is 11.5 Å². The van der Waals surface area contributed by atoms with Crippen LogP contribution in [-0.2, 0) is 60.4 Å². The average Bonchev–Trinajstić information content (AvgIpc) is 1.46. The van der Waals surface area contributed by atoms with Gasteiger partial charge in [0.15, 0.2) is 0 Å². The minimum Gasteiger partial charge on any atom is -0.851 e. The molecule has 9 heterocycles. The standard InChI is InChI=1S/C48H48N8.C36H48N2O4.Cu/c1-45(2,3)25-13-17-29-33(21-25)41-49-37(29)54-42-35-23-27(47(7,8)9)15-19-31(35)39(51-42)56-44-36-24-28(48(10,11)12)16-20-32(36)40(52-44)55-43-34-22-26(46(4,5)6)14-18-30(34)38(50-43)53-41;1-33(2)9-13-37-15-11-35(5,6)25-27(37)21(33)17-19(29(25)39)23-31(41)24(32(23)42)20-18-22-28-26(30(20)40)36(7,8)12-16-38(28)14-10-34(22,3)4;/h13-24H,1-12H3;17-18,23-24,31-32,39-40H,9-16H2,1-8H3;/q2*-2;+2. The fourth-order valence-electron chi connectivity index (χ4n) is 16.6. The number of hydrogen-bond acceptors (Lipinski definition) is 12. The summed E-state index contributed by atoms with van der Waals surface area (Å²) < 4.78 is 0. The van der Waals surface area contributed by atoms with Gasteiger partial charge in [-0.05, 0) is 183 Å². The molecule has 0 spiro atoms. The van der Waals surface area contributed by atoms with Crippen molar-refractivity contribution in [2.75, 3.05) is 36.0 Å². The van der Waals surface area contributed by atoms with Crippen LogP contribution in [0.15, 0.2) is 84.9 Å². The molecule has 8 bridgehead atoms. The molecular weight excluding hydrogens is 1280 g/mol. The monoisotopic (exact) mass is 1370 g/mol. The van der Waals surface area contributed by atoms with Crippen LogP contribution in [0.2, 0.25) is 0 Å². The van der Waals surface area contributed by atoms with E-state index in [1.807, 2.05) is 12.1 Å². The smallest absolute Gasteiger partial charge is 0.851 e. The van der Waals surface area contributed by atoms with Crippen molar-refractivity contribution in [1.29, 1.82) is 0 Å². The third kappa shape index (κ3) is 11.1. The zero-order valence-electron chi connectivity index (χ0n) is 61.5. The number of phenolic OH excluding ortho intramolecular Hbond substituents is 2. The maximum atomic E-state index is 14.3. The summed E-state index contributed by atoms with van der Waals surface area (Å²) in [6, 6.07) is 29.9. The maximum absolute atomic E-state index is 14.3. The molecular formula is C84H96CuN10O4-2. The van der Waals surface area contributed by atoms with Crippen molar-refractivity contribution in [2.45, 2.75) is 232 Å². The Morgan fingerprint density at radius 3 is 1.01 bits per heavy atom. The van der Waals surface area contributed by atoms with Gasteiger partial charge in [-0.15, -0.1) is 12.2 Å². The van der Waals surface area contributed by atoms with E-state index >= 15 is 0 Å². The van der Waals surface area contributed by atoms with Gasteiger partial charge in [0, 0.05) is 93.5 Å². The van der Waals surface area contributed by atoms with Crippen LogP contribution in [0.25, 0.3) is 89.7 Å². The molecule has 3 aromatic heterocycles. The van der Waals surface area contributed by atoms with E-state index in [2.05, 4.69) is 221 Å². The van der Waals surface area contributed by atoms with Crippen molar-refractivity contribution in [3.05, 3.63) is 141 Å². The number of benzene rings is 6. The predicted molar refractivity (Wildman–Crippen MR) is 393 cm³/mol. The van der Waals surface area contributed by atoms with Crippen LogP contribution in [0.1, 0.15) is 232 Å². The summed E-state index contributed by atoms with van der Waals surface area (Å²) in [5.41, 5.74) is 16.9. The van der Waals surface area contributed by atoms with Gasteiger partial charge >= 0.3 is 17.1 Å². The summed E-state index contributed by atoms with van der Waals surface area (Å²) >= 11 is 0. The van der Waals surface area contributed by atoms with Gasteiger partial charge in [0.25, 0.3) is 0 Å². The molecule has 1 aliphatic carbocycles. The maximum Gasteiger partial charge on any atom is 2.00 e. The molecule has 0 saturated heterocycles. The Hall–Kier alpha value is -7.68. The van der Waals surface area contributed by atoms with E-state index in [-0.39, 0.29) is 71.9 Å². The Morgan fingerprint density at radius 2 is 0.677 bits per heavy atom. The van der Waals surface area contributed by atoms with E-state index in [1.165, 1.54) is 22.3 Å². The van der Waals surface area contributed by atoms with Crippen LogP contribution >= 0.6 is 0 Å². The van der Waals surface area contributed by atoms with Crippen LogP contribution in [0.4, 0.5) is 11.4 Å². The second-order valence-corrected chi connectivity index (χ2v) is 36.2. The first-order valence-corrected chi connectivity index (χ1v) is 35.6. The normalized spacial score (nSPS) is 20.8. The third-order valence-corrected chi connectivity index (χ3v) is 23.4. The quantitative estimate of drug-likeness (QED) is 0.155. The van der Waals surface area contributed by atoms with Crippen molar-refractivity contribution in [2.24, 2.45) is 0 Å². The number of anilines is 2. The molecule has 6 aromatic carbocycles. The second-order valence-electron chi connectivity index (χ2n) is 36.2. The van der Waals surface area contributed by atoms with E-state index in [9.17, 15) is 20.4 Å². The largest absolute Gasteiger partial charge is 2.00 e. The number of aromatic hydroxyl groups is 2. The Balaban J connectivity index is 0.000000174. The number of aromatic nitrogens is 8. The Kier molecular flexibility index (Phi) is 15.7. The summed E-state index contributed by atoms with van der Waals surface area (Å²) in [6.45, 7) is 48.0. The molecule has 7 aliphatic rings. The first-order valence-electron chi connectivity index (χ1n) is 35.6. The molecule has 99 heavy (non-hydrogen) atoms. The topological polar surface area (TPSA) is 199 Å². The number of rotatable bonds is 2. The van der Waals surface area contributed by atoms with Crippen LogP contribution < -0.4 is 30.0 Å². The van der Waals surface area contributed by atoms with Crippen LogP contribution in [0, 0.1) is 0 Å². The van der Waals surface area contributed by atoms with Gasteiger partial charge in [-0.1, -0.05) is 187 Å². The number of fused-ring (bicyclic) bond motifs is 20. The van der Waals surface area contributed by atoms with Crippen molar-refractivity contribution >= 4 is 55.5 Å². The molecule has 1 radical (unpaired) electrons. The van der Waals surface area contributed by atoms with Crippen molar-refractivity contribution in [1.82, 2.24) is 39.9 Å². The molecule has 1 fully saturated rings. The van der Waals surface area contributed by atoms with Crippen LogP contribution in [-0.4, -0.2) is 78.5 Å². The number of phenols is 2. The van der Waals surface area contributed by atoms with E-state index in [0.29, 0.717) is 57.0 Å². The van der Waals surface area contributed by atoms with Gasteiger partial charge in [-0.25, -0.2) is 9.97 Å². The van der Waals surface area contributed by atoms with Gasteiger partial charge < -0.3 is 60.1 Å². The molecule has 0 unspecified atom stereocenters. The molecule has 0 amide bonds. The molecule has 519 valence electrons. The van der Waals surface area contributed by atoms with Crippen molar-refractivity contribution in [3.8, 4) is 57.1 Å². The fourth-order valence-corrected chi connectivity index (χ4v) is 16.6. The molecule has 0 atom stereocenters. The first kappa shape index (κ1) is 68.5.